The maximum atomic E-state index is 12.8. The molecule has 28 heavy (non-hydrogen) atoms. The fourth-order valence-electron chi connectivity index (χ4n) is 3.27. The zero-order valence-corrected chi connectivity index (χ0v) is 18.2. The molecule has 0 bridgehead atoms. The molecule has 3 unspecified atom stereocenters. The number of rotatable bonds is 7. The zero-order valence-electron chi connectivity index (χ0n) is 17.4. The molecule has 1 saturated heterocycles. The number of urea groups is 1. The molecule has 3 amide bonds. The first-order valence-electron chi connectivity index (χ1n) is 9.96. The van der Waals surface area contributed by atoms with E-state index in [9.17, 15) is 9.59 Å². The van der Waals surface area contributed by atoms with Gasteiger partial charge in [-0.1, -0.05) is 50.6 Å². The van der Waals surface area contributed by atoms with Gasteiger partial charge in [0.1, 0.15) is 6.04 Å². The summed E-state index contributed by atoms with van der Waals surface area (Å²) >= 11 is 0. The van der Waals surface area contributed by atoms with Gasteiger partial charge in [-0.2, -0.15) is 0 Å². The highest BCUT2D eigenvalue weighted by atomic mass is 35.5. The summed E-state index contributed by atoms with van der Waals surface area (Å²) in [7, 11) is 0. The molecule has 1 fully saturated rings. The van der Waals surface area contributed by atoms with E-state index in [1.165, 1.54) is 5.56 Å². The molecule has 1 heterocycles. The number of amides is 3. The number of hydrogen-bond acceptors (Lipinski definition) is 3. The van der Waals surface area contributed by atoms with Crippen LogP contribution in [0.1, 0.15) is 44.7 Å². The van der Waals surface area contributed by atoms with Crippen molar-refractivity contribution in [1.29, 1.82) is 0 Å². The number of aryl methyl sites for hydroxylation is 1. The van der Waals surface area contributed by atoms with E-state index in [2.05, 4.69) is 42.0 Å². The van der Waals surface area contributed by atoms with E-state index in [0.717, 1.165) is 25.1 Å². The summed E-state index contributed by atoms with van der Waals surface area (Å²) in [6.07, 6.45) is 1.66. The van der Waals surface area contributed by atoms with Crippen LogP contribution in [-0.4, -0.2) is 37.1 Å². The topological polar surface area (TPSA) is 82.3 Å². The molecule has 1 aromatic carbocycles. The quantitative estimate of drug-likeness (QED) is 0.557. The van der Waals surface area contributed by atoms with Crippen molar-refractivity contribution >= 4 is 24.3 Å². The third kappa shape index (κ3) is 8.07. The van der Waals surface area contributed by atoms with Gasteiger partial charge in [0.15, 0.2) is 0 Å². The van der Waals surface area contributed by atoms with Crippen molar-refractivity contribution in [2.45, 2.75) is 59.2 Å². The van der Waals surface area contributed by atoms with E-state index in [0.29, 0.717) is 24.8 Å². The van der Waals surface area contributed by atoms with Gasteiger partial charge in [0.05, 0.1) is 0 Å². The van der Waals surface area contributed by atoms with E-state index < -0.39 is 6.04 Å². The minimum absolute atomic E-state index is 0. The van der Waals surface area contributed by atoms with Gasteiger partial charge < -0.3 is 21.3 Å². The van der Waals surface area contributed by atoms with Gasteiger partial charge in [-0.15, -0.1) is 12.4 Å². The number of hydrogen-bond donors (Lipinski definition) is 4. The molecule has 0 radical (unpaired) electrons. The predicted molar refractivity (Wildman–Crippen MR) is 116 cm³/mol. The zero-order chi connectivity index (χ0) is 19.8. The second-order valence-corrected chi connectivity index (χ2v) is 8.08. The average Bonchev–Trinajstić information content (AvgIpc) is 2.62. The van der Waals surface area contributed by atoms with Crippen LogP contribution in [0.2, 0.25) is 0 Å². The lowest BCUT2D eigenvalue weighted by atomic mass is 9.94. The Labute approximate surface area is 175 Å². The number of carbonyl (C=O) groups excluding carboxylic acids is 2. The van der Waals surface area contributed by atoms with Gasteiger partial charge in [0.2, 0.25) is 5.91 Å². The van der Waals surface area contributed by atoms with Crippen LogP contribution in [0.3, 0.4) is 0 Å². The van der Waals surface area contributed by atoms with Crippen molar-refractivity contribution in [1.82, 2.24) is 21.3 Å². The van der Waals surface area contributed by atoms with Gasteiger partial charge in [-0.25, -0.2) is 4.79 Å². The standard InChI is InChI=1S/C21H34N4O2.ClH/c1-14(2)11-18(20(26)24-19-13-22-10-9-16(19)4)25-21(27)23-12-17-7-5-15(3)6-8-17;/h5-8,14,16,18-19,22H,9-13H2,1-4H3,(H,24,26)(H2,23,25,27);1H. The number of piperidine rings is 1. The van der Waals surface area contributed by atoms with Crippen LogP contribution in [-0.2, 0) is 11.3 Å². The molecule has 0 spiro atoms. The summed E-state index contributed by atoms with van der Waals surface area (Å²) in [6, 6.07) is 7.28. The van der Waals surface area contributed by atoms with Crippen molar-refractivity contribution in [2.24, 2.45) is 11.8 Å². The Hall–Kier alpha value is -1.79. The van der Waals surface area contributed by atoms with E-state index in [1.807, 2.05) is 31.2 Å². The van der Waals surface area contributed by atoms with Crippen LogP contribution < -0.4 is 21.3 Å². The van der Waals surface area contributed by atoms with Crippen LogP contribution in [0.25, 0.3) is 0 Å². The largest absolute Gasteiger partial charge is 0.350 e. The van der Waals surface area contributed by atoms with Crippen molar-refractivity contribution in [3.8, 4) is 0 Å². The second-order valence-electron chi connectivity index (χ2n) is 8.08. The number of benzene rings is 1. The Morgan fingerprint density at radius 2 is 1.89 bits per heavy atom. The normalized spacial score (nSPS) is 20.0. The van der Waals surface area contributed by atoms with Crippen LogP contribution in [0, 0.1) is 18.8 Å². The highest BCUT2D eigenvalue weighted by Crippen LogP contribution is 2.12. The molecule has 2 rings (SSSR count). The first-order valence-corrected chi connectivity index (χ1v) is 9.96. The van der Waals surface area contributed by atoms with E-state index in [1.54, 1.807) is 0 Å². The third-order valence-corrected chi connectivity index (χ3v) is 5.06. The first kappa shape index (κ1) is 24.2. The van der Waals surface area contributed by atoms with Crippen molar-refractivity contribution in [2.75, 3.05) is 13.1 Å². The molecule has 1 aromatic rings. The molecular formula is C21H35ClN4O2. The molecular weight excluding hydrogens is 376 g/mol. The lowest BCUT2D eigenvalue weighted by Gasteiger charge is -2.32. The summed E-state index contributed by atoms with van der Waals surface area (Å²) in [4.78, 5) is 25.1. The number of halogens is 1. The van der Waals surface area contributed by atoms with E-state index in [-0.39, 0.29) is 30.4 Å². The van der Waals surface area contributed by atoms with Gasteiger partial charge in [-0.3, -0.25) is 4.79 Å². The van der Waals surface area contributed by atoms with Gasteiger partial charge >= 0.3 is 6.03 Å². The highest BCUT2D eigenvalue weighted by molar-refractivity contribution is 5.87. The molecule has 7 heteroatoms. The molecule has 0 aliphatic carbocycles. The number of carbonyl (C=O) groups is 2. The molecule has 0 saturated carbocycles. The summed E-state index contributed by atoms with van der Waals surface area (Å²) in [6.45, 7) is 10.5. The molecule has 158 valence electrons. The van der Waals surface area contributed by atoms with Gasteiger partial charge in [-0.05, 0) is 43.7 Å². The molecule has 4 N–H and O–H groups in total. The van der Waals surface area contributed by atoms with Crippen LogP contribution in [0.5, 0.6) is 0 Å². The molecule has 0 aromatic heterocycles. The Kier molecular flexibility index (Phi) is 10.3. The molecule has 1 aliphatic heterocycles. The third-order valence-electron chi connectivity index (χ3n) is 5.06. The maximum Gasteiger partial charge on any atom is 0.315 e. The summed E-state index contributed by atoms with van der Waals surface area (Å²) < 4.78 is 0. The summed E-state index contributed by atoms with van der Waals surface area (Å²) in [5.41, 5.74) is 2.21. The molecule has 3 atom stereocenters. The van der Waals surface area contributed by atoms with Crippen LogP contribution in [0.4, 0.5) is 4.79 Å². The van der Waals surface area contributed by atoms with Crippen molar-refractivity contribution < 1.29 is 9.59 Å². The van der Waals surface area contributed by atoms with Crippen LogP contribution in [0.15, 0.2) is 24.3 Å². The lowest BCUT2D eigenvalue weighted by molar-refractivity contribution is -0.124. The Bertz CT molecular complexity index is 621. The Morgan fingerprint density at radius 3 is 2.50 bits per heavy atom. The Morgan fingerprint density at radius 1 is 1.21 bits per heavy atom. The highest BCUT2D eigenvalue weighted by Gasteiger charge is 2.27. The maximum absolute atomic E-state index is 12.8. The van der Waals surface area contributed by atoms with Crippen molar-refractivity contribution in [3.63, 3.8) is 0 Å². The monoisotopic (exact) mass is 410 g/mol. The van der Waals surface area contributed by atoms with Crippen LogP contribution >= 0.6 is 12.4 Å². The van der Waals surface area contributed by atoms with E-state index >= 15 is 0 Å². The average molecular weight is 411 g/mol. The summed E-state index contributed by atoms with van der Waals surface area (Å²) in [5.74, 6) is 0.639. The number of nitrogens with one attached hydrogen (secondary N) is 4. The first-order chi connectivity index (χ1) is 12.8. The smallest absolute Gasteiger partial charge is 0.315 e. The van der Waals surface area contributed by atoms with Gasteiger partial charge in [0, 0.05) is 19.1 Å². The lowest BCUT2D eigenvalue weighted by Crippen LogP contribution is -2.56. The van der Waals surface area contributed by atoms with E-state index in [4.69, 9.17) is 0 Å². The minimum Gasteiger partial charge on any atom is -0.350 e. The molecule has 6 nitrogen and oxygen atoms in total. The fourth-order valence-corrected chi connectivity index (χ4v) is 3.27. The second kappa shape index (κ2) is 11.9. The molecule has 1 aliphatic rings. The Balaban J connectivity index is 0.00000392. The predicted octanol–water partition coefficient (Wildman–Crippen LogP) is 2.74. The fraction of sp³-hybridized carbons (Fsp3) is 0.619. The minimum atomic E-state index is -0.530. The van der Waals surface area contributed by atoms with Crippen molar-refractivity contribution in [3.05, 3.63) is 35.4 Å². The van der Waals surface area contributed by atoms with Gasteiger partial charge in [0.25, 0.3) is 0 Å². The SMILES string of the molecule is Cc1ccc(CNC(=O)NC(CC(C)C)C(=O)NC2CNCCC2C)cc1.Cl. The summed E-state index contributed by atoms with van der Waals surface area (Å²) in [5, 5.41) is 12.1.